The van der Waals surface area contributed by atoms with Crippen molar-refractivity contribution >= 4 is 42.6 Å². The molecule has 0 spiro atoms. The number of hydrogen-bond donors (Lipinski definition) is 2. The lowest BCUT2D eigenvalue weighted by molar-refractivity contribution is -0.274. The summed E-state index contributed by atoms with van der Waals surface area (Å²) in [4.78, 5) is 16.4. The van der Waals surface area contributed by atoms with Gasteiger partial charge in [0.15, 0.2) is 5.13 Å². The van der Waals surface area contributed by atoms with Crippen LogP contribution in [0.15, 0.2) is 47.4 Å². The van der Waals surface area contributed by atoms with E-state index in [-0.39, 0.29) is 22.1 Å². The van der Waals surface area contributed by atoms with Crippen molar-refractivity contribution in [1.29, 1.82) is 0 Å². The zero-order chi connectivity index (χ0) is 21.9. The largest absolute Gasteiger partial charge is 0.573 e. The first-order valence-electron chi connectivity index (χ1n) is 8.08. The minimum atomic E-state index is -4.81. The van der Waals surface area contributed by atoms with Crippen LogP contribution in [0.1, 0.15) is 10.4 Å². The standard InChI is InChI=1S/C18H12F3N3O4S2/c1-2-9-22-30(26,27)13-6-3-11(4-7-13)16(25)24-17-23-14-8-5-12(10-15(14)29-17)28-18(19,20)21/h1,3-8,10,22H,9H2,(H,23,24,25). The smallest absolute Gasteiger partial charge is 0.406 e. The highest BCUT2D eigenvalue weighted by molar-refractivity contribution is 7.89. The van der Waals surface area contributed by atoms with Gasteiger partial charge in [0, 0.05) is 11.6 Å². The van der Waals surface area contributed by atoms with Crippen LogP contribution in [0.5, 0.6) is 5.75 Å². The zero-order valence-corrected chi connectivity index (χ0v) is 16.5. The van der Waals surface area contributed by atoms with Crippen molar-refractivity contribution in [3.63, 3.8) is 0 Å². The first-order valence-corrected chi connectivity index (χ1v) is 10.4. The first kappa shape index (κ1) is 21.6. The molecule has 2 N–H and O–H groups in total. The van der Waals surface area contributed by atoms with E-state index in [2.05, 4.69) is 25.7 Å². The molecular weight excluding hydrogens is 443 g/mol. The molecule has 12 heteroatoms. The van der Waals surface area contributed by atoms with E-state index in [0.29, 0.717) is 10.2 Å². The summed E-state index contributed by atoms with van der Waals surface area (Å²) in [6.45, 7) is -0.169. The molecule has 7 nitrogen and oxygen atoms in total. The van der Waals surface area contributed by atoms with E-state index >= 15 is 0 Å². The number of sulfonamides is 1. The van der Waals surface area contributed by atoms with E-state index in [4.69, 9.17) is 6.42 Å². The molecule has 0 saturated carbocycles. The van der Waals surface area contributed by atoms with Crippen LogP contribution in [-0.2, 0) is 10.0 Å². The monoisotopic (exact) mass is 455 g/mol. The number of fused-ring (bicyclic) bond motifs is 1. The summed E-state index contributed by atoms with van der Waals surface area (Å²) >= 11 is 0.962. The highest BCUT2D eigenvalue weighted by Crippen LogP contribution is 2.31. The fourth-order valence-electron chi connectivity index (χ4n) is 2.33. The summed E-state index contributed by atoms with van der Waals surface area (Å²) in [5, 5.41) is 2.68. The molecule has 0 atom stereocenters. The average Bonchev–Trinajstić information content (AvgIpc) is 3.06. The second-order valence-corrected chi connectivity index (χ2v) is 8.50. The van der Waals surface area contributed by atoms with Gasteiger partial charge >= 0.3 is 6.36 Å². The summed E-state index contributed by atoms with van der Waals surface area (Å²) in [5.41, 5.74) is 0.539. The molecule has 0 aliphatic heterocycles. The van der Waals surface area contributed by atoms with Crippen LogP contribution in [0.4, 0.5) is 18.3 Å². The number of carbonyl (C=O) groups excluding carboxylic acids is 1. The van der Waals surface area contributed by atoms with Crippen LogP contribution in [0.25, 0.3) is 10.2 Å². The molecule has 30 heavy (non-hydrogen) atoms. The van der Waals surface area contributed by atoms with E-state index in [1.165, 1.54) is 36.4 Å². The highest BCUT2D eigenvalue weighted by Gasteiger charge is 2.31. The summed E-state index contributed by atoms with van der Waals surface area (Å²) < 4.78 is 67.4. The highest BCUT2D eigenvalue weighted by atomic mass is 32.2. The second-order valence-electron chi connectivity index (χ2n) is 5.70. The summed E-state index contributed by atoms with van der Waals surface area (Å²) in [6.07, 6.45) is 0.208. The Kier molecular flexibility index (Phi) is 5.97. The van der Waals surface area contributed by atoms with Gasteiger partial charge in [0.25, 0.3) is 5.91 Å². The average molecular weight is 455 g/mol. The molecule has 2 aromatic carbocycles. The normalized spacial score (nSPS) is 11.8. The molecule has 0 saturated heterocycles. The SMILES string of the molecule is C#CCNS(=O)(=O)c1ccc(C(=O)Nc2nc3ccc(OC(F)(F)F)cc3s2)cc1. The Morgan fingerprint density at radius 3 is 2.53 bits per heavy atom. The van der Waals surface area contributed by atoms with Gasteiger partial charge in [-0.15, -0.1) is 19.6 Å². The van der Waals surface area contributed by atoms with Gasteiger partial charge in [-0.2, -0.15) is 4.72 Å². The third kappa shape index (κ3) is 5.26. The number of aromatic nitrogens is 1. The number of terminal acetylenes is 1. The van der Waals surface area contributed by atoms with Gasteiger partial charge in [-0.1, -0.05) is 17.3 Å². The Bertz CT molecular complexity index is 1230. The van der Waals surface area contributed by atoms with Crippen molar-refractivity contribution < 1.29 is 31.1 Å². The third-order valence-electron chi connectivity index (χ3n) is 3.61. The Hall–Kier alpha value is -3.14. The molecular formula is C18H12F3N3O4S2. The molecule has 1 aromatic heterocycles. The van der Waals surface area contributed by atoms with Gasteiger partial charge in [0.1, 0.15) is 5.75 Å². The van der Waals surface area contributed by atoms with E-state index in [9.17, 15) is 26.4 Å². The quantitative estimate of drug-likeness (QED) is 0.556. The Labute approximate surface area is 172 Å². The molecule has 0 aliphatic rings. The van der Waals surface area contributed by atoms with Crippen molar-refractivity contribution in [2.24, 2.45) is 0 Å². The van der Waals surface area contributed by atoms with Gasteiger partial charge in [-0.3, -0.25) is 10.1 Å². The predicted octanol–water partition coefficient (Wildman–Crippen LogP) is 3.36. The number of benzene rings is 2. The first-order chi connectivity index (χ1) is 14.1. The van der Waals surface area contributed by atoms with Crippen molar-refractivity contribution in [1.82, 2.24) is 9.71 Å². The number of alkyl halides is 3. The number of halogens is 3. The van der Waals surface area contributed by atoms with Gasteiger partial charge in [0.05, 0.1) is 21.7 Å². The van der Waals surface area contributed by atoms with E-state index < -0.39 is 28.0 Å². The lowest BCUT2D eigenvalue weighted by Gasteiger charge is -2.07. The second kappa shape index (κ2) is 8.31. The molecule has 1 amide bonds. The lowest BCUT2D eigenvalue weighted by Crippen LogP contribution is -2.24. The number of rotatable bonds is 6. The molecule has 0 radical (unpaired) electrons. The summed E-state index contributed by atoms with van der Waals surface area (Å²) in [5.74, 6) is 1.19. The van der Waals surface area contributed by atoms with E-state index in [0.717, 1.165) is 17.4 Å². The number of anilines is 1. The Morgan fingerprint density at radius 2 is 1.90 bits per heavy atom. The van der Waals surface area contributed by atoms with Crippen LogP contribution in [0.2, 0.25) is 0 Å². The molecule has 3 aromatic rings. The summed E-state index contributed by atoms with van der Waals surface area (Å²) in [6, 6.07) is 8.73. The molecule has 3 rings (SSSR count). The van der Waals surface area contributed by atoms with Gasteiger partial charge in [-0.05, 0) is 36.4 Å². The van der Waals surface area contributed by atoms with Gasteiger partial charge < -0.3 is 4.74 Å². The molecule has 0 aliphatic carbocycles. The summed E-state index contributed by atoms with van der Waals surface area (Å²) in [7, 11) is -3.78. The Morgan fingerprint density at radius 1 is 1.20 bits per heavy atom. The van der Waals surface area contributed by atoms with E-state index in [1.54, 1.807) is 0 Å². The number of thiazole rings is 1. The fraction of sp³-hybridized carbons (Fsp3) is 0.111. The van der Waals surface area contributed by atoms with Crippen molar-refractivity contribution in [2.75, 3.05) is 11.9 Å². The van der Waals surface area contributed by atoms with Crippen molar-refractivity contribution in [3.05, 3.63) is 48.0 Å². The van der Waals surface area contributed by atoms with Gasteiger partial charge in [-0.25, -0.2) is 13.4 Å². The number of hydrogen-bond acceptors (Lipinski definition) is 6. The van der Waals surface area contributed by atoms with Crippen LogP contribution in [-0.4, -0.2) is 32.2 Å². The minimum Gasteiger partial charge on any atom is -0.406 e. The third-order valence-corrected chi connectivity index (χ3v) is 5.96. The molecule has 0 fully saturated rings. The topological polar surface area (TPSA) is 97.4 Å². The van der Waals surface area contributed by atoms with Gasteiger partial charge in [0.2, 0.25) is 10.0 Å². The molecule has 0 unspecified atom stereocenters. The number of ether oxygens (including phenoxy) is 1. The number of nitrogens with one attached hydrogen (secondary N) is 2. The molecule has 1 heterocycles. The molecule has 156 valence electrons. The van der Waals surface area contributed by atoms with Crippen LogP contribution in [0.3, 0.4) is 0 Å². The minimum absolute atomic E-state index is 0.0634. The zero-order valence-electron chi connectivity index (χ0n) is 14.9. The Balaban J connectivity index is 1.74. The predicted molar refractivity (Wildman–Crippen MR) is 105 cm³/mol. The van der Waals surface area contributed by atoms with Crippen molar-refractivity contribution in [2.45, 2.75) is 11.3 Å². The number of carbonyl (C=O) groups is 1. The maximum Gasteiger partial charge on any atom is 0.573 e. The van der Waals surface area contributed by atoms with Crippen LogP contribution in [0, 0.1) is 12.3 Å². The molecule has 0 bridgehead atoms. The van der Waals surface area contributed by atoms with Crippen LogP contribution >= 0.6 is 11.3 Å². The maximum absolute atomic E-state index is 12.4. The van der Waals surface area contributed by atoms with Crippen LogP contribution < -0.4 is 14.8 Å². The maximum atomic E-state index is 12.4. The van der Waals surface area contributed by atoms with E-state index in [1.807, 2.05) is 0 Å². The lowest BCUT2D eigenvalue weighted by atomic mass is 10.2. The number of nitrogens with zero attached hydrogens (tertiary/aromatic N) is 1. The fourth-order valence-corrected chi connectivity index (χ4v) is 4.15. The van der Waals surface area contributed by atoms with Crippen molar-refractivity contribution in [3.8, 4) is 18.1 Å². The number of amides is 1.